The highest BCUT2D eigenvalue weighted by molar-refractivity contribution is 7.99. The molecule has 1 fully saturated rings. The largest absolute Gasteiger partial charge is 0.494 e. The number of ether oxygens (including phenoxy) is 1. The minimum Gasteiger partial charge on any atom is -0.494 e. The lowest BCUT2D eigenvalue weighted by Gasteiger charge is -2.33. The van der Waals surface area contributed by atoms with E-state index in [1.54, 1.807) is 11.8 Å². The number of para-hydroxylation sites is 1. The van der Waals surface area contributed by atoms with E-state index >= 15 is 0 Å². The first-order valence-corrected chi connectivity index (χ1v) is 9.99. The van der Waals surface area contributed by atoms with E-state index in [2.05, 4.69) is 17.9 Å². The maximum atomic E-state index is 12.5. The van der Waals surface area contributed by atoms with E-state index in [1.165, 1.54) is 37.7 Å². The SMILES string of the molecule is CCOc1ccccc1CSCC(=O)N(CC)C1CCCCC1. The van der Waals surface area contributed by atoms with Crippen LogP contribution in [0.5, 0.6) is 5.75 Å². The number of amides is 1. The Kier molecular flexibility index (Phi) is 7.80. The maximum Gasteiger partial charge on any atom is 0.232 e. The first-order chi connectivity index (χ1) is 11.3. The standard InChI is InChI=1S/C19H29NO2S/c1-3-20(17-11-6-5-7-12-17)19(21)15-23-14-16-10-8-9-13-18(16)22-4-2/h8-10,13,17H,3-7,11-12,14-15H2,1-2H3. The molecule has 3 nitrogen and oxygen atoms in total. The second-order valence-corrected chi connectivity index (χ2v) is 6.99. The van der Waals surface area contributed by atoms with Crippen molar-refractivity contribution in [2.75, 3.05) is 18.9 Å². The van der Waals surface area contributed by atoms with Gasteiger partial charge < -0.3 is 9.64 Å². The van der Waals surface area contributed by atoms with E-state index in [-0.39, 0.29) is 0 Å². The molecular weight excluding hydrogens is 306 g/mol. The molecule has 23 heavy (non-hydrogen) atoms. The number of nitrogens with zero attached hydrogens (tertiary/aromatic N) is 1. The summed E-state index contributed by atoms with van der Waals surface area (Å²) < 4.78 is 5.65. The monoisotopic (exact) mass is 335 g/mol. The van der Waals surface area contributed by atoms with Gasteiger partial charge in [0.25, 0.3) is 0 Å². The number of hydrogen-bond donors (Lipinski definition) is 0. The number of benzene rings is 1. The molecule has 1 saturated carbocycles. The van der Waals surface area contributed by atoms with Gasteiger partial charge in [0.1, 0.15) is 5.75 Å². The Bertz CT molecular complexity index is 486. The van der Waals surface area contributed by atoms with E-state index < -0.39 is 0 Å². The van der Waals surface area contributed by atoms with E-state index in [0.29, 0.717) is 24.3 Å². The fourth-order valence-electron chi connectivity index (χ4n) is 3.28. The van der Waals surface area contributed by atoms with Gasteiger partial charge >= 0.3 is 0 Å². The first-order valence-electron chi connectivity index (χ1n) is 8.84. The van der Waals surface area contributed by atoms with Gasteiger partial charge in [-0.05, 0) is 32.8 Å². The van der Waals surface area contributed by atoms with E-state index in [4.69, 9.17) is 4.74 Å². The molecule has 4 heteroatoms. The minimum atomic E-state index is 0.290. The summed E-state index contributed by atoms with van der Waals surface area (Å²) in [5, 5.41) is 0. The summed E-state index contributed by atoms with van der Waals surface area (Å²) in [5.41, 5.74) is 1.17. The zero-order valence-electron chi connectivity index (χ0n) is 14.4. The molecule has 1 aliphatic carbocycles. The first kappa shape index (κ1) is 18.2. The Morgan fingerprint density at radius 3 is 2.65 bits per heavy atom. The molecule has 0 radical (unpaired) electrons. The predicted octanol–water partition coefficient (Wildman–Crippen LogP) is 4.50. The second kappa shape index (κ2) is 9.86. The Balaban J connectivity index is 1.83. The summed E-state index contributed by atoms with van der Waals surface area (Å²) in [7, 11) is 0. The third-order valence-electron chi connectivity index (χ3n) is 4.43. The van der Waals surface area contributed by atoms with Crippen molar-refractivity contribution in [1.82, 2.24) is 4.90 Å². The van der Waals surface area contributed by atoms with Crippen LogP contribution in [-0.2, 0) is 10.5 Å². The topological polar surface area (TPSA) is 29.5 Å². The van der Waals surface area contributed by atoms with E-state index in [9.17, 15) is 4.79 Å². The van der Waals surface area contributed by atoms with Crippen LogP contribution < -0.4 is 4.74 Å². The molecule has 1 amide bonds. The van der Waals surface area contributed by atoms with Crippen molar-refractivity contribution in [3.63, 3.8) is 0 Å². The Morgan fingerprint density at radius 2 is 1.96 bits per heavy atom. The number of hydrogen-bond acceptors (Lipinski definition) is 3. The quantitative estimate of drug-likeness (QED) is 0.700. The normalized spacial score (nSPS) is 15.4. The fourth-order valence-corrected chi connectivity index (χ4v) is 4.18. The van der Waals surface area contributed by atoms with Crippen molar-refractivity contribution in [2.45, 2.75) is 57.7 Å². The average Bonchev–Trinajstić information content (AvgIpc) is 2.58. The minimum absolute atomic E-state index is 0.290. The van der Waals surface area contributed by atoms with Crippen LogP contribution in [0.25, 0.3) is 0 Å². The zero-order valence-corrected chi connectivity index (χ0v) is 15.2. The molecule has 0 unspecified atom stereocenters. The molecule has 0 N–H and O–H groups in total. The fraction of sp³-hybridized carbons (Fsp3) is 0.632. The molecule has 0 aliphatic heterocycles. The molecule has 0 spiro atoms. The van der Waals surface area contributed by atoms with Gasteiger partial charge in [0.15, 0.2) is 0 Å². The molecule has 1 aromatic rings. The summed E-state index contributed by atoms with van der Waals surface area (Å²) in [6.07, 6.45) is 6.21. The lowest BCUT2D eigenvalue weighted by Crippen LogP contribution is -2.42. The Hall–Kier alpha value is -1.16. The van der Waals surface area contributed by atoms with Gasteiger partial charge in [0.05, 0.1) is 12.4 Å². The van der Waals surface area contributed by atoms with E-state index in [1.807, 2.05) is 25.1 Å². The smallest absolute Gasteiger partial charge is 0.232 e. The van der Waals surface area contributed by atoms with Crippen LogP contribution in [0, 0.1) is 0 Å². The van der Waals surface area contributed by atoms with Gasteiger partial charge in [-0.25, -0.2) is 0 Å². The summed E-state index contributed by atoms with van der Waals surface area (Å²) in [6.45, 7) is 5.60. The van der Waals surface area contributed by atoms with Gasteiger partial charge in [-0.3, -0.25) is 4.79 Å². The predicted molar refractivity (Wildman–Crippen MR) is 98.0 cm³/mol. The van der Waals surface area contributed by atoms with Crippen molar-refractivity contribution >= 4 is 17.7 Å². The number of carbonyl (C=O) groups excluding carboxylic acids is 1. The number of carbonyl (C=O) groups is 1. The van der Waals surface area contributed by atoms with Crippen LogP contribution >= 0.6 is 11.8 Å². The molecule has 0 bridgehead atoms. The molecule has 0 aromatic heterocycles. The highest BCUT2D eigenvalue weighted by atomic mass is 32.2. The molecule has 0 atom stereocenters. The lowest BCUT2D eigenvalue weighted by molar-refractivity contribution is -0.131. The summed E-state index contributed by atoms with van der Waals surface area (Å²) in [6, 6.07) is 8.58. The van der Waals surface area contributed by atoms with Crippen molar-refractivity contribution in [2.24, 2.45) is 0 Å². The van der Waals surface area contributed by atoms with Crippen molar-refractivity contribution < 1.29 is 9.53 Å². The second-order valence-electron chi connectivity index (χ2n) is 6.01. The van der Waals surface area contributed by atoms with Crippen LogP contribution in [0.15, 0.2) is 24.3 Å². The van der Waals surface area contributed by atoms with Gasteiger partial charge in [0.2, 0.25) is 5.91 Å². The Labute approximate surface area is 144 Å². The van der Waals surface area contributed by atoms with E-state index in [0.717, 1.165) is 18.0 Å². The number of rotatable bonds is 8. The molecule has 128 valence electrons. The van der Waals surface area contributed by atoms with Gasteiger partial charge in [-0.1, -0.05) is 37.5 Å². The summed E-state index contributed by atoms with van der Waals surface area (Å²) in [5.74, 6) is 2.61. The highest BCUT2D eigenvalue weighted by Crippen LogP contribution is 2.25. The van der Waals surface area contributed by atoms with Crippen LogP contribution in [-0.4, -0.2) is 35.8 Å². The molecule has 1 aromatic carbocycles. The lowest BCUT2D eigenvalue weighted by atomic mass is 9.94. The molecule has 2 rings (SSSR count). The summed E-state index contributed by atoms with van der Waals surface area (Å²) >= 11 is 1.69. The van der Waals surface area contributed by atoms with Gasteiger partial charge in [-0.2, -0.15) is 0 Å². The number of thioether (sulfide) groups is 1. The van der Waals surface area contributed by atoms with Crippen molar-refractivity contribution in [3.05, 3.63) is 29.8 Å². The third-order valence-corrected chi connectivity index (χ3v) is 5.40. The van der Waals surface area contributed by atoms with Crippen molar-refractivity contribution in [1.29, 1.82) is 0 Å². The van der Waals surface area contributed by atoms with Crippen LogP contribution in [0.3, 0.4) is 0 Å². The third kappa shape index (κ3) is 5.45. The van der Waals surface area contributed by atoms with Crippen LogP contribution in [0.2, 0.25) is 0 Å². The van der Waals surface area contributed by atoms with Gasteiger partial charge in [-0.15, -0.1) is 11.8 Å². The average molecular weight is 336 g/mol. The highest BCUT2D eigenvalue weighted by Gasteiger charge is 2.23. The summed E-state index contributed by atoms with van der Waals surface area (Å²) in [4.78, 5) is 14.6. The van der Waals surface area contributed by atoms with Gasteiger partial charge in [0, 0.05) is 23.9 Å². The van der Waals surface area contributed by atoms with Crippen LogP contribution in [0.1, 0.15) is 51.5 Å². The molecule has 0 saturated heterocycles. The van der Waals surface area contributed by atoms with Crippen molar-refractivity contribution in [3.8, 4) is 5.75 Å². The molecular formula is C19H29NO2S. The Morgan fingerprint density at radius 1 is 1.22 bits per heavy atom. The maximum absolute atomic E-state index is 12.5. The molecule has 0 heterocycles. The zero-order chi connectivity index (χ0) is 16.5. The molecule has 1 aliphatic rings. The van der Waals surface area contributed by atoms with Crippen LogP contribution in [0.4, 0.5) is 0 Å².